The highest BCUT2D eigenvalue weighted by Crippen LogP contribution is 2.31. The van der Waals surface area contributed by atoms with Crippen molar-refractivity contribution >= 4 is 44.3 Å². The third kappa shape index (κ3) is 6.67. The smallest absolute Gasteiger partial charge is 0.323 e. The number of carbonyl (C=O) groups excluding carboxylic acids is 1. The lowest BCUT2D eigenvalue weighted by Crippen LogP contribution is -2.44. The third-order valence-corrected chi connectivity index (χ3v) is 7.99. The lowest BCUT2D eigenvalue weighted by atomic mass is 9.88. The van der Waals surface area contributed by atoms with Crippen molar-refractivity contribution in [2.75, 3.05) is 51.3 Å². The summed E-state index contributed by atoms with van der Waals surface area (Å²) in [5, 5.41) is 4.19. The number of morpholine rings is 1. The van der Waals surface area contributed by atoms with Crippen molar-refractivity contribution in [2.45, 2.75) is 12.3 Å². The van der Waals surface area contributed by atoms with Crippen molar-refractivity contribution in [3.63, 3.8) is 0 Å². The lowest BCUT2D eigenvalue weighted by molar-refractivity contribution is 0.0351. The van der Waals surface area contributed by atoms with Crippen LogP contribution in [0.15, 0.2) is 78.9 Å². The molecule has 1 saturated heterocycles. The second-order valence-electron chi connectivity index (χ2n) is 9.14. The Morgan fingerprint density at radius 3 is 2.30 bits per heavy atom. The zero-order valence-electron chi connectivity index (χ0n) is 20.7. The van der Waals surface area contributed by atoms with E-state index in [2.05, 4.69) is 63.7 Å². The van der Waals surface area contributed by atoms with Crippen LogP contribution in [-0.4, -0.2) is 66.8 Å². The molecule has 0 aliphatic carbocycles. The molecule has 37 heavy (non-hydrogen) atoms. The number of fused-ring (bicyclic) bond motifs is 1. The van der Waals surface area contributed by atoms with Gasteiger partial charge in [0.15, 0.2) is 5.13 Å². The molecular weight excluding hydrogens is 504 g/mol. The topological polar surface area (TPSA) is 57.7 Å². The number of aromatic nitrogens is 1. The van der Waals surface area contributed by atoms with Crippen LogP contribution in [0.4, 0.5) is 9.93 Å². The van der Waals surface area contributed by atoms with Crippen molar-refractivity contribution < 1.29 is 9.53 Å². The van der Waals surface area contributed by atoms with Crippen molar-refractivity contribution in [1.82, 2.24) is 14.8 Å². The Balaban J connectivity index is 1.33. The number of carbonyl (C=O) groups is 1. The lowest BCUT2D eigenvalue weighted by Gasteiger charge is -2.31. The predicted octanol–water partition coefficient (Wildman–Crippen LogP) is 6.34. The van der Waals surface area contributed by atoms with E-state index in [0.717, 1.165) is 49.5 Å². The van der Waals surface area contributed by atoms with Gasteiger partial charge in [0.2, 0.25) is 0 Å². The van der Waals surface area contributed by atoms with Gasteiger partial charge in [-0.1, -0.05) is 89.7 Å². The van der Waals surface area contributed by atoms with Crippen LogP contribution in [-0.2, 0) is 4.74 Å². The summed E-state index contributed by atoms with van der Waals surface area (Å²) in [6.07, 6.45) is 0.816. The molecule has 1 aliphatic rings. The number of hydrogen-bond acceptors (Lipinski definition) is 5. The summed E-state index contributed by atoms with van der Waals surface area (Å²) in [5.74, 6) is 0.197. The molecule has 8 heteroatoms. The fourth-order valence-electron chi connectivity index (χ4n) is 4.72. The minimum Gasteiger partial charge on any atom is -0.379 e. The van der Waals surface area contributed by atoms with E-state index >= 15 is 0 Å². The molecule has 0 atom stereocenters. The van der Waals surface area contributed by atoms with Gasteiger partial charge in [-0.3, -0.25) is 10.2 Å². The average Bonchev–Trinajstić information content (AvgIpc) is 3.36. The van der Waals surface area contributed by atoms with E-state index in [1.54, 1.807) is 0 Å². The second-order valence-corrected chi connectivity index (χ2v) is 10.6. The number of halogens is 1. The Hall–Kier alpha value is -2.97. The highest BCUT2D eigenvalue weighted by Gasteiger charge is 2.21. The molecule has 1 N–H and O–H groups in total. The molecule has 3 aromatic carbocycles. The predicted molar refractivity (Wildman–Crippen MR) is 152 cm³/mol. The minimum atomic E-state index is -0.136. The van der Waals surface area contributed by atoms with Crippen LogP contribution in [0.25, 0.3) is 10.2 Å². The number of benzene rings is 3. The molecule has 192 valence electrons. The van der Waals surface area contributed by atoms with Gasteiger partial charge in [-0.25, -0.2) is 9.78 Å². The van der Waals surface area contributed by atoms with Crippen LogP contribution >= 0.6 is 22.9 Å². The van der Waals surface area contributed by atoms with Gasteiger partial charge < -0.3 is 9.64 Å². The van der Waals surface area contributed by atoms with Gasteiger partial charge in [0, 0.05) is 38.6 Å². The summed E-state index contributed by atoms with van der Waals surface area (Å²) in [6, 6.07) is 26.6. The van der Waals surface area contributed by atoms with Gasteiger partial charge in [-0.05, 0) is 29.7 Å². The molecule has 0 saturated carbocycles. The third-order valence-electron chi connectivity index (χ3n) is 6.75. The van der Waals surface area contributed by atoms with Crippen molar-refractivity contribution in [3.05, 3.63) is 95.0 Å². The molecule has 1 aromatic heterocycles. The molecule has 2 amide bonds. The molecule has 1 fully saturated rings. The Bertz CT molecular complexity index is 1260. The number of thiazole rings is 1. The largest absolute Gasteiger partial charge is 0.379 e. The van der Waals surface area contributed by atoms with Gasteiger partial charge >= 0.3 is 6.03 Å². The Morgan fingerprint density at radius 2 is 1.65 bits per heavy atom. The first-order valence-corrected chi connectivity index (χ1v) is 13.9. The molecule has 2 heterocycles. The molecule has 0 radical (unpaired) electrons. The van der Waals surface area contributed by atoms with E-state index in [-0.39, 0.29) is 11.9 Å². The van der Waals surface area contributed by atoms with Gasteiger partial charge in [-0.2, -0.15) is 0 Å². The van der Waals surface area contributed by atoms with E-state index in [9.17, 15) is 4.79 Å². The number of amides is 2. The molecular formula is C29H31ClN4O2S. The fraction of sp³-hybridized carbons (Fsp3) is 0.310. The summed E-state index contributed by atoms with van der Waals surface area (Å²) in [7, 11) is 0. The molecule has 1 aliphatic heterocycles. The first-order valence-electron chi connectivity index (χ1n) is 12.7. The number of hydrogen-bond donors (Lipinski definition) is 1. The first-order chi connectivity index (χ1) is 18.2. The fourth-order valence-corrected chi connectivity index (χ4v) is 5.88. The summed E-state index contributed by atoms with van der Waals surface area (Å²) in [6.45, 7) is 5.32. The van der Waals surface area contributed by atoms with Crippen molar-refractivity contribution in [2.24, 2.45) is 0 Å². The van der Waals surface area contributed by atoms with Crippen LogP contribution in [0, 0.1) is 0 Å². The number of para-hydroxylation sites is 1. The second kappa shape index (κ2) is 12.5. The number of nitrogens with zero attached hydrogens (tertiary/aromatic N) is 3. The van der Waals surface area contributed by atoms with E-state index in [1.807, 2.05) is 35.2 Å². The normalized spacial score (nSPS) is 14.2. The van der Waals surface area contributed by atoms with Crippen LogP contribution < -0.4 is 5.32 Å². The van der Waals surface area contributed by atoms with Crippen LogP contribution in [0.5, 0.6) is 0 Å². The molecule has 4 aromatic rings. The molecule has 6 nitrogen and oxygen atoms in total. The molecule has 0 spiro atoms. The maximum Gasteiger partial charge on any atom is 0.323 e. The quantitative estimate of drug-likeness (QED) is 0.272. The standard InChI is InChI=1S/C29H31ClN4O2S/c30-25-12-7-13-26-27(25)31-28(37-26)32-29(35)34(17-16-33-18-20-36-21-19-33)15-14-24(22-8-3-1-4-9-22)23-10-5-2-6-11-23/h1-13,24H,14-21H2,(H,31,32,35). The van der Waals surface area contributed by atoms with Gasteiger partial charge in [0.25, 0.3) is 0 Å². The number of urea groups is 1. The van der Waals surface area contributed by atoms with Gasteiger partial charge in [-0.15, -0.1) is 0 Å². The number of rotatable bonds is 9. The molecule has 0 bridgehead atoms. The average molecular weight is 535 g/mol. The van der Waals surface area contributed by atoms with Gasteiger partial charge in [0.05, 0.1) is 22.9 Å². The summed E-state index contributed by atoms with van der Waals surface area (Å²) in [5.41, 5.74) is 3.23. The molecule has 0 unspecified atom stereocenters. The van der Waals surface area contributed by atoms with E-state index in [4.69, 9.17) is 16.3 Å². The van der Waals surface area contributed by atoms with E-state index < -0.39 is 0 Å². The highest BCUT2D eigenvalue weighted by atomic mass is 35.5. The Kier molecular flexibility index (Phi) is 8.68. The SMILES string of the molecule is O=C(Nc1nc2c(Cl)cccc2s1)N(CCC(c1ccccc1)c1ccccc1)CCN1CCOCC1. The Morgan fingerprint density at radius 1 is 0.973 bits per heavy atom. The van der Waals surface area contributed by atoms with Crippen LogP contribution in [0.3, 0.4) is 0 Å². The Labute approximate surface area is 226 Å². The first kappa shape index (κ1) is 25.7. The number of ether oxygens (including phenoxy) is 1. The van der Waals surface area contributed by atoms with E-state index in [1.165, 1.54) is 22.5 Å². The zero-order valence-corrected chi connectivity index (χ0v) is 22.3. The van der Waals surface area contributed by atoms with Crippen LogP contribution in [0.2, 0.25) is 5.02 Å². The van der Waals surface area contributed by atoms with Crippen molar-refractivity contribution in [1.29, 1.82) is 0 Å². The highest BCUT2D eigenvalue weighted by molar-refractivity contribution is 7.22. The molecule has 5 rings (SSSR count). The minimum absolute atomic E-state index is 0.136. The maximum atomic E-state index is 13.5. The monoisotopic (exact) mass is 534 g/mol. The van der Waals surface area contributed by atoms with E-state index in [0.29, 0.717) is 23.2 Å². The number of anilines is 1. The number of nitrogens with one attached hydrogen (secondary N) is 1. The van der Waals surface area contributed by atoms with Gasteiger partial charge in [0.1, 0.15) is 5.52 Å². The van der Waals surface area contributed by atoms with Crippen LogP contribution in [0.1, 0.15) is 23.5 Å². The summed E-state index contributed by atoms with van der Waals surface area (Å²) < 4.78 is 6.45. The zero-order chi connectivity index (χ0) is 25.5. The van der Waals surface area contributed by atoms with Crippen molar-refractivity contribution in [3.8, 4) is 0 Å². The summed E-state index contributed by atoms with van der Waals surface area (Å²) >= 11 is 7.75. The summed E-state index contributed by atoms with van der Waals surface area (Å²) in [4.78, 5) is 22.4. The maximum absolute atomic E-state index is 13.5.